The number of anilines is 1. The van der Waals surface area contributed by atoms with E-state index in [1.807, 2.05) is 24.3 Å². The summed E-state index contributed by atoms with van der Waals surface area (Å²) in [4.78, 5) is 35.7. The molecule has 210 valence electrons. The summed E-state index contributed by atoms with van der Waals surface area (Å²) < 4.78 is 12.1. The van der Waals surface area contributed by atoms with Crippen LogP contribution in [0.15, 0.2) is 72.8 Å². The third-order valence-corrected chi connectivity index (χ3v) is 6.88. The first-order valence-electron chi connectivity index (χ1n) is 13.8. The molecule has 0 unspecified atom stereocenters. The van der Waals surface area contributed by atoms with Gasteiger partial charge in [0.05, 0.1) is 23.8 Å². The normalized spacial score (nSPS) is 16.5. The minimum Gasteiger partial charge on any atom is -0.490 e. The zero-order valence-corrected chi connectivity index (χ0v) is 22.7. The second-order valence-electron chi connectivity index (χ2n) is 10.1. The lowest BCUT2D eigenvalue weighted by Crippen LogP contribution is -2.39. The number of carbonyl (C=O) groups is 3. The molecule has 0 heterocycles. The molecule has 3 aromatic rings. The maximum Gasteiger partial charge on any atom is 0.337 e. The smallest absolute Gasteiger partial charge is 0.337 e. The maximum absolute atomic E-state index is 12.4. The molecule has 4 rings (SSSR count). The molecule has 0 bridgehead atoms. The van der Waals surface area contributed by atoms with Crippen molar-refractivity contribution in [3.8, 4) is 17.2 Å². The summed E-state index contributed by atoms with van der Waals surface area (Å²) in [6, 6.07) is 21.2. The number of aromatic carboxylic acids is 1. The molecule has 8 nitrogen and oxygen atoms in total. The molecular weight excluding hydrogens is 508 g/mol. The van der Waals surface area contributed by atoms with Gasteiger partial charge in [-0.05, 0) is 86.2 Å². The number of para-hydroxylation sites is 1. The van der Waals surface area contributed by atoms with Crippen LogP contribution < -0.4 is 20.1 Å². The van der Waals surface area contributed by atoms with Crippen molar-refractivity contribution < 1.29 is 29.0 Å². The Morgan fingerprint density at radius 3 is 2.10 bits per heavy atom. The standard InChI is InChI=1S/C32H36N2O6/c1-2-3-8-30(35)33-23-11-15-25(16-12-23)40-27-19-17-26(18-20-27)39-24-13-9-22(10-14-24)21-31(36)34-29-7-5-4-6-28(29)32(37)38/h4-7,9-10,13-14,17-20,23,25H,2-3,8,11-12,15-16,21H2,1H3,(H,33,35)(H,34,36)(H,37,38). The van der Waals surface area contributed by atoms with Gasteiger partial charge in [-0.1, -0.05) is 37.6 Å². The van der Waals surface area contributed by atoms with Crippen molar-refractivity contribution >= 4 is 23.5 Å². The van der Waals surface area contributed by atoms with Crippen molar-refractivity contribution in [1.82, 2.24) is 5.32 Å². The van der Waals surface area contributed by atoms with Crippen LogP contribution in [-0.4, -0.2) is 35.0 Å². The van der Waals surface area contributed by atoms with Crippen molar-refractivity contribution in [2.24, 2.45) is 0 Å². The monoisotopic (exact) mass is 544 g/mol. The number of rotatable bonds is 12. The van der Waals surface area contributed by atoms with E-state index in [0.717, 1.165) is 49.8 Å². The van der Waals surface area contributed by atoms with Gasteiger partial charge in [0.15, 0.2) is 0 Å². The predicted molar refractivity (Wildman–Crippen MR) is 153 cm³/mol. The van der Waals surface area contributed by atoms with Crippen molar-refractivity contribution in [3.63, 3.8) is 0 Å². The number of carboxylic acids is 1. The highest BCUT2D eigenvalue weighted by Gasteiger charge is 2.23. The van der Waals surface area contributed by atoms with E-state index in [0.29, 0.717) is 17.9 Å². The molecule has 0 aliphatic heterocycles. The Morgan fingerprint density at radius 2 is 1.45 bits per heavy atom. The van der Waals surface area contributed by atoms with Gasteiger partial charge in [-0.2, -0.15) is 0 Å². The van der Waals surface area contributed by atoms with Gasteiger partial charge in [0, 0.05) is 12.5 Å². The Labute approximate surface area is 234 Å². The lowest BCUT2D eigenvalue weighted by molar-refractivity contribution is -0.122. The SMILES string of the molecule is CCCCC(=O)NC1CCC(Oc2ccc(Oc3ccc(CC(=O)Nc4ccccc4C(=O)O)cc3)cc2)CC1. The molecule has 0 spiro atoms. The van der Waals surface area contributed by atoms with Crippen LogP contribution in [0, 0.1) is 0 Å². The highest BCUT2D eigenvalue weighted by Crippen LogP contribution is 2.28. The number of ether oxygens (including phenoxy) is 2. The van der Waals surface area contributed by atoms with Crippen LogP contribution >= 0.6 is 0 Å². The summed E-state index contributed by atoms with van der Waals surface area (Å²) >= 11 is 0. The van der Waals surface area contributed by atoms with E-state index in [-0.39, 0.29) is 41.6 Å². The van der Waals surface area contributed by atoms with Crippen LogP contribution in [0.4, 0.5) is 5.69 Å². The van der Waals surface area contributed by atoms with E-state index in [4.69, 9.17) is 9.47 Å². The number of benzene rings is 3. The second kappa shape index (κ2) is 14.2. The predicted octanol–water partition coefficient (Wildman–Crippen LogP) is 6.35. The van der Waals surface area contributed by atoms with Gasteiger partial charge in [0.1, 0.15) is 17.2 Å². The van der Waals surface area contributed by atoms with Crippen LogP contribution in [0.3, 0.4) is 0 Å². The highest BCUT2D eigenvalue weighted by atomic mass is 16.5. The number of hydrogen-bond acceptors (Lipinski definition) is 5. The van der Waals surface area contributed by atoms with E-state index < -0.39 is 5.97 Å². The number of carbonyl (C=O) groups excluding carboxylic acids is 2. The summed E-state index contributed by atoms with van der Waals surface area (Å²) in [6.07, 6.45) is 6.48. The minimum atomic E-state index is -1.09. The summed E-state index contributed by atoms with van der Waals surface area (Å²) in [5, 5.41) is 15.1. The van der Waals surface area contributed by atoms with Gasteiger partial charge in [-0.15, -0.1) is 0 Å². The lowest BCUT2D eigenvalue weighted by atomic mass is 9.92. The first-order chi connectivity index (χ1) is 19.4. The van der Waals surface area contributed by atoms with E-state index >= 15 is 0 Å². The minimum absolute atomic E-state index is 0.0477. The van der Waals surface area contributed by atoms with Crippen LogP contribution in [0.25, 0.3) is 0 Å². The van der Waals surface area contributed by atoms with E-state index in [9.17, 15) is 19.5 Å². The number of hydrogen-bond donors (Lipinski definition) is 3. The lowest BCUT2D eigenvalue weighted by Gasteiger charge is -2.29. The van der Waals surface area contributed by atoms with Crippen molar-refractivity contribution in [1.29, 1.82) is 0 Å². The third kappa shape index (κ3) is 8.59. The number of amides is 2. The van der Waals surface area contributed by atoms with Gasteiger partial charge in [0.25, 0.3) is 0 Å². The molecule has 1 saturated carbocycles. The molecule has 0 atom stereocenters. The third-order valence-electron chi connectivity index (χ3n) is 6.88. The van der Waals surface area contributed by atoms with E-state index in [1.165, 1.54) is 6.07 Å². The second-order valence-corrected chi connectivity index (χ2v) is 10.1. The van der Waals surface area contributed by atoms with Crippen LogP contribution in [0.1, 0.15) is 67.8 Å². The summed E-state index contributed by atoms with van der Waals surface area (Å²) in [5.74, 6) is 0.844. The zero-order chi connectivity index (χ0) is 28.3. The topological polar surface area (TPSA) is 114 Å². The fourth-order valence-electron chi connectivity index (χ4n) is 4.71. The molecule has 3 N–H and O–H groups in total. The van der Waals surface area contributed by atoms with Gasteiger partial charge in [-0.3, -0.25) is 9.59 Å². The Morgan fingerprint density at radius 1 is 0.825 bits per heavy atom. The molecule has 40 heavy (non-hydrogen) atoms. The Kier molecular flexibility index (Phi) is 10.2. The van der Waals surface area contributed by atoms with Gasteiger partial charge < -0.3 is 25.2 Å². The first kappa shape index (κ1) is 28.7. The van der Waals surface area contributed by atoms with Crippen molar-refractivity contribution in [2.75, 3.05) is 5.32 Å². The average molecular weight is 545 g/mol. The molecule has 0 aromatic heterocycles. The molecule has 1 fully saturated rings. The van der Waals surface area contributed by atoms with Crippen LogP contribution in [-0.2, 0) is 16.0 Å². The molecule has 2 amide bonds. The molecule has 1 aliphatic carbocycles. The van der Waals surface area contributed by atoms with E-state index in [1.54, 1.807) is 42.5 Å². The Hall–Kier alpha value is -4.33. The van der Waals surface area contributed by atoms with Gasteiger partial charge in [0.2, 0.25) is 11.8 Å². The van der Waals surface area contributed by atoms with Crippen molar-refractivity contribution in [2.45, 2.75) is 70.4 Å². The molecule has 3 aromatic carbocycles. The Bertz CT molecular complexity index is 1280. The highest BCUT2D eigenvalue weighted by molar-refractivity contribution is 6.01. The largest absolute Gasteiger partial charge is 0.490 e. The fourth-order valence-corrected chi connectivity index (χ4v) is 4.71. The molecule has 0 radical (unpaired) electrons. The summed E-state index contributed by atoms with van der Waals surface area (Å²) in [7, 11) is 0. The average Bonchev–Trinajstić information content (AvgIpc) is 2.95. The molecule has 8 heteroatoms. The Balaban J connectivity index is 1.21. The zero-order valence-electron chi connectivity index (χ0n) is 22.7. The first-order valence-corrected chi connectivity index (χ1v) is 13.8. The number of unbranched alkanes of at least 4 members (excludes halogenated alkanes) is 1. The number of nitrogens with one attached hydrogen (secondary N) is 2. The number of carboxylic acid groups (broad SMARTS) is 1. The summed E-state index contributed by atoms with van der Waals surface area (Å²) in [5.41, 5.74) is 1.09. The van der Waals surface area contributed by atoms with E-state index in [2.05, 4.69) is 17.6 Å². The van der Waals surface area contributed by atoms with Gasteiger partial charge in [-0.25, -0.2) is 4.79 Å². The molecular formula is C32H36N2O6. The van der Waals surface area contributed by atoms with Crippen LogP contribution in [0.2, 0.25) is 0 Å². The maximum atomic E-state index is 12.4. The molecule has 0 saturated heterocycles. The van der Waals surface area contributed by atoms with Crippen LogP contribution in [0.5, 0.6) is 17.2 Å². The van der Waals surface area contributed by atoms with Crippen molar-refractivity contribution in [3.05, 3.63) is 83.9 Å². The van der Waals surface area contributed by atoms with Gasteiger partial charge >= 0.3 is 5.97 Å². The fraction of sp³-hybridized carbons (Fsp3) is 0.344. The quantitative estimate of drug-likeness (QED) is 0.245. The molecule has 1 aliphatic rings. The summed E-state index contributed by atoms with van der Waals surface area (Å²) in [6.45, 7) is 2.09.